The third-order valence-corrected chi connectivity index (χ3v) is 5.00. The van der Waals surface area contributed by atoms with Gasteiger partial charge in [-0.3, -0.25) is 4.79 Å². The molecule has 0 spiro atoms. The molecule has 0 unspecified atom stereocenters. The van der Waals surface area contributed by atoms with Crippen molar-refractivity contribution in [2.45, 2.75) is 36.7 Å². The van der Waals surface area contributed by atoms with E-state index in [2.05, 4.69) is 21.2 Å². The lowest BCUT2D eigenvalue weighted by Gasteiger charge is -2.10. The molecule has 3 N–H and O–H groups in total. The van der Waals surface area contributed by atoms with Gasteiger partial charge >= 0.3 is 0 Å². The zero-order chi connectivity index (χ0) is 15.5. The van der Waals surface area contributed by atoms with E-state index in [1.54, 1.807) is 0 Å². The van der Waals surface area contributed by atoms with Crippen LogP contribution in [0.25, 0.3) is 0 Å². The summed E-state index contributed by atoms with van der Waals surface area (Å²) in [7, 11) is -3.93. The largest absolute Gasteiger partial charge is 0.443 e. The minimum atomic E-state index is -3.93. The monoisotopic (exact) mass is 380 g/mol. The molecule has 7 nitrogen and oxygen atoms in total. The zero-order valence-electron chi connectivity index (χ0n) is 11.3. The summed E-state index contributed by atoms with van der Waals surface area (Å²) in [5, 5.41) is 7.59. The van der Waals surface area contributed by atoms with Crippen LogP contribution in [0, 0.1) is 0 Å². The number of halogens is 1. The molecule has 0 radical (unpaired) electrons. The van der Waals surface area contributed by atoms with Crippen molar-refractivity contribution in [1.29, 1.82) is 0 Å². The highest BCUT2D eigenvalue weighted by atomic mass is 79.9. The number of carbonyl (C=O) groups excluding carboxylic acids is 1. The van der Waals surface area contributed by atoms with Gasteiger partial charge in [-0.1, -0.05) is 12.8 Å². The molecule has 21 heavy (non-hydrogen) atoms. The van der Waals surface area contributed by atoms with E-state index in [9.17, 15) is 13.2 Å². The predicted octanol–water partition coefficient (Wildman–Crippen LogP) is 1.38. The van der Waals surface area contributed by atoms with Gasteiger partial charge in [-0.25, -0.2) is 13.6 Å². The van der Waals surface area contributed by atoms with Gasteiger partial charge in [-0.2, -0.15) is 0 Å². The van der Waals surface area contributed by atoms with Gasteiger partial charge in [0.05, 0.1) is 12.7 Å². The minimum Gasteiger partial charge on any atom is -0.443 e. The molecule has 1 aromatic heterocycles. The number of hydrogen-bond donors (Lipinski definition) is 2. The highest BCUT2D eigenvalue weighted by Gasteiger charge is 2.22. The number of sulfonamides is 1. The summed E-state index contributed by atoms with van der Waals surface area (Å²) in [4.78, 5) is 11.6. The summed E-state index contributed by atoms with van der Waals surface area (Å²) in [6.07, 6.45) is 4.79. The van der Waals surface area contributed by atoms with E-state index in [-0.39, 0.29) is 21.4 Å². The Labute approximate surface area is 131 Å². The quantitative estimate of drug-likeness (QED) is 0.723. The fraction of sp³-hybridized carbons (Fsp3) is 0.583. The molecule has 1 aliphatic carbocycles. The molecule has 1 heterocycles. The van der Waals surface area contributed by atoms with Gasteiger partial charge in [0.1, 0.15) is 4.90 Å². The Bertz CT molecular complexity index is 607. The van der Waals surface area contributed by atoms with E-state index in [0.29, 0.717) is 13.2 Å². The SMILES string of the molecule is NS(=O)(=O)c1cc(C(=O)NCCOC2CCCC2)oc1Br. The van der Waals surface area contributed by atoms with Crippen molar-refractivity contribution in [2.24, 2.45) is 5.14 Å². The second kappa shape index (κ2) is 6.91. The number of rotatable bonds is 6. The van der Waals surface area contributed by atoms with Crippen molar-refractivity contribution in [2.75, 3.05) is 13.2 Å². The average molecular weight is 381 g/mol. The van der Waals surface area contributed by atoms with Crippen LogP contribution in [-0.4, -0.2) is 33.6 Å². The van der Waals surface area contributed by atoms with Crippen LogP contribution < -0.4 is 10.5 Å². The van der Waals surface area contributed by atoms with Crippen LogP contribution in [0.5, 0.6) is 0 Å². The van der Waals surface area contributed by atoms with Crippen LogP contribution in [0.4, 0.5) is 0 Å². The topological polar surface area (TPSA) is 112 Å². The van der Waals surface area contributed by atoms with Crippen LogP contribution in [0.15, 0.2) is 20.0 Å². The maximum absolute atomic E-state index is 11.8. The zero-order valence-corrected chi connectivity index (χ0v) is 13.7. The summed E-state index contributed by atoms with van der Waals surface area (Å²) in [6.45, 7) is 0.749. The van der Waals surface area contributed by atoms with Crippen LogP contribution in [0.2, 0.25) is 0 Å². The van der Waals surface area contributed by atoms with Crippen molar-refractivity contribution in [3.05, 3.63) is 16.5 Å². The van der Waals surface area contributed by atoms with Gasteiger partial charge in [0.15, 0.2) is 10.4 Å². The molecule has 0 saturated heterocycles. The first-order chi connectivity index (χ1) is 9.88. The summed E-state index contributed by atoms with van der Waals surface area (Å²) >= 11 is 2.92. The average Bonchev–Trinajstić information content (AvgIpc) is 3.02. The van der Waals surface area contributed by atoms with E-state index >= 15 is 0 Å². The fourth-order valence-electron chi connectivity index (χ4n) is 2.19. The van der Waals surface area contributed by atoms with Crippen LogP contribution in [0.1, 0.15) is 36.2 Å². The Hall–Kier alpha value is -0.900. The van der Waals surface area contributed by atoms with Crippen molar-refractivity contribution < 1.29 is 22.4 Å². The molecule has 0 bridgehead atoms. The number of nitrogens with one attached hydrogen (secondary N) is 1. The summed E-state index contributed by atoms with van der Waals surface area (Å²) in [6, 6.07) is 1.09. The third-order valence-electron chi connectivity index (χ3n) is 3.23. The Balaban J connectivity index is 1.83. The Morgan fingerprint density at radius 3 is 2.71 bits per heavy atom. The minimum absolute atomic E-state index is 0.0858. The molecule has 1 saturated carbocycles. The first-order valence-corrected chi connectivity index (χ1v) is 8.94. The lowest BCUT2D eigenvalue weighted by molar-refractivity contribution is 0.0577. The van der Waals surface area contributed by atoms with Crippen LogP contribution in [0.3, 0.4) is 0 Å². The van der Waals surface area contributed by atoms with E-state index < -0.39 is 15.9 Å². The van der Waals surface area contributed by atoms with Gasteiger partial charge in [0.25, 0.3) is 5.91 Å². The lowest BCUT2D eigenvalue weighted by Crippen LogP contribution is -2.28. The number of furan rings is 1. The third kappa shape index (κ3) is 4.53. The Morgan fingerprint density at radius 2 is 2.14 bits per heavy atom. The van der Waals surface area contributed by atoms with Crippen molar-refractivity contribution in [3.63, 3.8) is 0 Å². The summed E-state index contributed by atoms with van der Waals surface area (Å²) in [5.41, 5.74) is 0. The molecule has 0 atom stereocenters. The fourth-order valence-corrected chi connectivity index (χ4v) is 3.69. The van der Waals surface area contributed by atoms with Gasteiger partial charge in [0, 0.05) is 12.6 Å². The number of ether oxygens (including phenoxy) is 1. The smallest absolute Gasteiger partial charge is 0.287 e. The number of carbonyl (C=O) groups is 1. The van der Waals surface area contributed by atoms with Crippen molar-refractivity contribution >= 4 is 31.9 Å². The summed E-state index contributed by atoms with van der Waals surface area (Å²) < 4.78 is 33.0. The molecule has 1 amide bonds. The number of primary sulfonamides is 1. The lowest BCUT2D eigenvalue weighted by atomic mass is 10.3. The molecular formula is C12H17BrN2O5S. The predicted molar refractivity (Wildman–Crippen MR) is 78.3 cm³/mol. The van der Waals surface area contributed by atoms with E-state index in [1.165, 1.54) is 12.8 Å². The second-order valence-corrected chi connectivity index (χ2v) is 7.08. The van der Waals surface area contributed by atoms with Crippen molar-refractivity contribution in [3.8, 4) is 0 Å². The molecule has 1 aliphatic rings. The maximum atomic E-state index is 11.8. The molecule has 1 fully saturated rings. The highest BCUT2D eigenvalue weighted by Crippen LogP contribution is 2.25. The van der Waals surface area contributed by atoms with Crippen LogP contribution >= 0.6 is 15.9 Å². The van der Waals surface area contributed by atoms with Gasteiger partial charge in [-0.05, 0) is 28.8 Å². The molecular weight excluding hydrogens is 364 g/mol. The number of amides is 1. The second-order valence-electron chi connectivity index (χ2n) is 4.83. The van der Waals surface area contributed by atoms with Gasteiger partial charge in [-0.15, -0.1) is 0 Å². The first-order valence-electron chi connectivity index (χ1n) is 6.60. The Kier molecular flexibility index (Phi) is 5.42. The van der Waals surface area contributed by atoms with Crippen LogP contribution in [-0.2, 0) is 14.8 Å². The van der Waals surface area contributed by atoms with E-state index in [4.69, 9.17) is 14.3 Å². The van der Waals surface area contributed by atoms with E-state index in [0.717, 1.165) is 18.9 Å². The first kappa shape index (κ1) is 16.5. The van der Waals surface area contributed by atoms with Crippen molar-refractivity contribution in [1.82, 2.24) is 5.32 Å². The van der Waals surface area contributed by atoms with E-state index in [1.807, 2.05) is 0 Å². The Morgan fingerprint density at radius 1 is 1.48 bits per heavy atom. The maximum Gasteiger partial charge on any atom is 0.287 e. The summed E-state index contributed by atoms with van der Waals surface area (Å²) in [5.74, 6) is -0.632. The standard InChI is InChI=1S/C12H17BrN2O5S/c13-11-10(21(14,17)18)7-9(20-11)12(16)15-5-6-19-8-3-1-2-4-8/h7-8H,1-6H2,(H,15,16)(H2,14,17,18). The number of nitrogens with two attached hydrogens (primary N) is 1. The molecule has 0 aliphatic heterocycles. The highest BCUT2D eigenvalue weighted by molar-refractivity contribution is 9.10. The normalized spacial score (nSPS) is 16.3. The van der Waals surface area contributed by atoms with Gasteiger partial charge < -0.3 is 14.5 Å². The molecule has 0 aromatic carbocycles. The molecule has 2 rings (SSSR count). The molecule has 118 valence electrons. The molecule has 9 heteroatoms. The number of hydrogen-bond acceptors (Lipinski definition) is 5. The van der Waals surface area contributed by atoms with Gasteiger partial charge in [0.2, 0.25) is 10.0 Å². The molecule has 1 aromatic rings.